The number of fused-ring (bicyclic) bond motifs is 2. The van der Waals surface area contributed by atoms with E-state index < -0.39 is 0 Å². The van der Waals surface area contributed by atoms with Crippen molar-refractivity contribution in [1.82, 2.24) is 10.2 Å². The van der Waals surface area contributed by atoms with Crippen LogP contribution >= 0.6 is 0 Å². The van der Waals surface area contributed by atoms with Crippen LogP contribution < -0.4 is 14.8 Å². The SMILES string of the molecule is CC(c1ccc2c(c1)OCCO2)N1CC2CNCC2C1C. The van der Waals surface area contributed by atoms with Gasteiger partial charge in [0.05, 0.1) is 0 Å². The summed E-state index contributed by atoms with van der Waals surface area (Å²) in [6, 6.07) is 7.49. The summed E-state index contributed by atoms with van der Waals surface area (Å²) in [5.41, 5.74) is 1.33. The molecule has 4 rings (SSSR count). The smallest absolute Gasteiger partial charge is 0.161 e. The van der Waals surface area contributed by atoms with E-state index >= 15 is 0 Å². The lowest BCUT2D eigenvalue weighted by Crippen LogP contribution is -2.35. The number of ether oxygens (including phenoxy) is 2. The van der Waals surface area contributed by atoms with Gasteiger partial charge in [-0.3, -0.25) is 4.90 Å². The van der Waals surface area contributed by atoms with Crippen LogP contribution in [0, 0.1) is 11.8 Å². The summed E-state index contributed by atoms with van der Waals surface area (Å²) in [4.78, 5) is 2.65. The molecule has 0 aromatic heterocycles. The van der Waals surface area contributed by atoms with Gasteiger partial charge in [-0.15, -0.1) is 0 Å². The first-order valence-electron chi connectivity index (χ1n) is 8.10. The number of nitrogens with zero attached hydrogens (tertiary/aromatic N) is 1. The number of nitrogens with one attached hydrogen (secondary N) is 1. The zero-order valence-electron chi connectivity index (χ0n) is 12.8. The van der Waals surface area contributed by atoms with Gasteiger partial charge in [-0.05, 0) is 56.5 Å². The number of hydrogen-bond donors (Lipinski definition) is 1. The third kappa shape index (κ3) is 2.21. The Balaban J connectivity index is 1.56. The highest BCUT2D eigenvalue weighted by Crippen LogP contribution is 2.40. The Hall–Kier alpha value is -1.26. The van der Waals surface area contributed by atoms with Crippen molar-refractivity contribution in [3.63, 3.8) is 0 Å². The van der Waals surface area contributed by atoms with E-state index in [0.29, 0.717) is 25.3 Å². The summed E-state index contributed by atoms with van der Waals surface area (Å²) in [5.74, 6) is 3.41. The van der Waals surface area contributed by atoms with E-state index in [9.17, 15) is 0 Å². The van der Waals surface area contributed by atoms with E-state index in [4.69, 9.17) is 9.47 Å². The first kappa shape index (κ1) is 13.4. The van der Waals surface area contributed by atoms with Gasteiger partial charge in [0.1, 0.15) is 13.2 Å². The Bertz CT molecular complexity index is 534. The van der Waals surface area contributed by atoms with Crippen LogP contribution in [0.15, 0.2) is 18.2 Å². The van der Waals surface area contributed by atoms with Crippen molar-refractivity contribution in [3.05, 3.63) is 23.8 Å². The van der Waals surface area contributed by atoms with Crippen LogP contribution in [-0.2, 0) is 0 Å². The summed E-state index contributed by atoms with van der Waals surface area (Å²) in [6.07, 6.45) is 0. The van der Waals surface area contributed by atoms with Crippen LogP contribution in [0.25, 0.3) is 0 Å². The average Bonchev–Trinajstić information content (AvgIpc) is 3.09. The van der Waals surface area contributed by atoms with E-state index in [2.05, 4.69) is 42.3 Å². The maximum atomic E-state index is 5.72. The Morgan fingerprint density at radius 2 is 2.00 bits per heavy atom. The molecule has 1 aromatic rings. The average molecular weight is 288 g/mol. The maximum Gasteiger partial charge on any atom is 0.161 e. The number of benzene rings is 1. The Morgan fingerprint density at radius 1 is 1.19 bits per heavy atom. The summed E-state index contributed by atoms with van der Waals surface area (Å²) in [7, 11) is 0. The molecule has 4 nitrogen and oxygen atoms in total. The molecule has 1 aromatic carbocycles. The largest absolute Gasteiger partial charge is 0.486 e. The molecule has 4 unspecified atom stereocenters. The van der Waals surface area contributed by atoms with Crippen molar-refractivity contribution in [2.45, 2.75) is 25.9 Å². The fourth-order valence-corrected chi connectivity index (χ4v) is 4.22. The lowest BCUT2D eigenvalue weighted by atomic mass is 9.95. The molecule has 4 heteroatoms. The lowest BCUT2D eigenvalue weighted by Gasteiger charge is -2.31. The molecule has 4 atom stereocenters. The van der Waals surface area contributed by atoms with Crippen molar-refractivity contribution in [3.8, 4) is 11.5 Å². The Labute approximate surface area is 126 Å². The normalized spacial score (nSPS) is 33.0. The summed E-state index contributed by atoms with van der Waals surface area (Å²) < 4.78 is 11.3. The monoisotopic (exact) mass is 288 g/mol. The third-order valence-electron chi connectivity index (χ3n) is 5.53. The molecule has 21 heavy (non-hydrogen) atoms. The Kier molecular flexibility index (Phi) is 3.31. The third-order valence-corrected chi connectivity index (χ3v) is 5.53. The second-order valence-electron chi connectivity index (χ2n) is 6.60. The van der Waals surface area contributed by atoms with Crippen molar-refractivity contribution in [2.75, 3.05) is 32.8 Å². The van der Waals surface area contributed by atoms with E-state index in [1.54, 1.807) is 0 Å². The fraction of sp³-hybridized carbons (Fsp3) is 0.647. The first-order valence-corrected chi connectivity index (χ1v) is 8.10. The molecular weight excluding hydrogens is 264 g/mol. The zero-order chi connectivity index (χ0) is 14.4. The highest BCUT2D eigenvalue weighted by Gasteiger charge is 2.43. The summed E-state index contributed by atoms with van der Waals surface area (Å²) in [5, 5.41) is 3.53. The fourth-order valence-electron chi connectivity index (χ4n) is 4.22. The maximum absolute atomic E-state index is 5.72. The minimum atomic E-state index is 0.432. The standard InChI is InChI=1S/C17H24N2O2/c1-11(19-10-14-8-18-9-15(14)12(19)2)13-3-4-16-17(7-13)21-6-5-20-16/h3-4,7,11-12,14-15,18H,5-6,8-10H2,1-2H3. The molecule has 0 amide bonds. The molecule has 2 fully saturated rings. The topological polar surface area (TPSA) is 33.7 Å². The van der Waals surface area contributed by atoms with E-state index in [-0.39, 0.29) is 0 Å². The number of rotatable bonds is 2. The molecule has 0 saturated carbocycles. The van der Waals surface area contributed by atoms with Crippen molar-refractivity contribution in [1.29, 1.82) is 0 Å². The van der Waals surface area contributed by atoms with Crippen LogP contribution in [0.2, 0.25) is 0 Å². The van der Waals surface area contributed by atoms with Gasteiger partial charge in [-0.25, -0.2) is 0 Å². The van der Waals surface area contributed by atoms with Gasteiger partial charge in [0.15, 0.2) is 11.5 Å². The zero-order valence-corrected chi connectivity index (χ0v) is 12.8. The molecule has 0 bridgehead atoms. The van der Waals surface area contributed by atoms with Crippen molar-refractivity contribution < 1.29 is 9.47 Å². The predicted octanol–water partition coefficient (Wildman–Crippen LogP) is 2.06. The van der Waals surface area contributed by atoms with Gasteiger partial charge in [-0.1, -0.05) is 6.07 Å². The van der Waals surface area contributed by atoms with E-state index in [1.165, 1.54) is 25.2 Å². The van der Waals surface area contributed by atoms with Crippen LogP contribution in [-0.4, -0.2) is 43.8 Å². The van der Waals surface area contributed by atoms with Crippen LogP contribution in [0.3, 0.4) is 0 Å². The van der Waals surface area contributed by atoms with Gasteiger partial charge in [-0.2, -0.15) is 0 Å². The second kappa shape index (κ2) is 5.18. The molecule has 2 saturated heterocycles. The Morgan fingerprint density at radius 3 is 2.81 bits per heavy atom. The summed E-state index contributed by atoms with van der Waals surface area (Å²) in [6.45, 7) is 9.56. The lowest BCUT2D eigenvalue weighted by molar-refractivity contribution is 0.167. The second-order valence-corrected chi connectivity index (χ2v) is 6.60. The molecule has 3 heterocycles. The molecule has 0 radical (unpaired) electrons. The highest BCUT2D eigenvalue weighted by molar-refractivity contribution is 5.44. The van der Waals surface area contributed by atoms with E-state index in [0.717, 1.165) is 23.3 Å². The molecule has 0 spiro atoms. The highest BCUT2D eigenvalue weighted by atomic mass is 16.6. The molecule has 1 N–H and O–H groups in total. The van der Waals surface area contributed by atoms with Gasteiger partial charge in [0.25, 0.3) is 0 Å². The van der Waals surface area contributed by atoms with Crippen LogP contribution in [0.5, 0.6) is 11.5 Å². The minimum Gasteiger partial charge on any atom is -0.486 e. The van der Waals surface area contributed by atoms with Gasteiger partial charge in [0.2, 0.25) is 0 Å². The van der Waals surface area contributed by atoms with E-state index in [1.807, 2.05) is 0 Å². The summed E-state index contributed by atoms with van der Waals surface area (Å²) >= 11 is 0. The quantitative estimate of drug-likeness (QED) is 0.903. The van der Waals surface area contributed by atoms with Crippen molar-refractivity contribution >= 4 is 0 Å². The number of likely N-dealkylation sites (tertiary alicyclic amines) is 1. The minimum absolute atomic E-state index is 0.432. The van der Waals surface area contributed by atoms with Crippen LogP contribution in [0.4, 0.5) is 0 Å². The molecule has 0 aliphatic carbocycles. The van der Waals surface area contributed by atoms with Crippen LogP contribution in [0.1, 0.15) is 25.5 Å². The van der Waals surface area contributed by atoms with Gasteiger partial charge in [0, 0.05) is 18.6 Å². The predicted molar refractivity (Wildman–Crippen MR) is 81.9 cm³/mol. The molecule has 114 valence electrons. The molecule has 3 aliphatic heterocycles. The molecular formula is C17H24N2O2. The first-order chi connectivity index (χ1) is 10.2. The van der Waals surface area contributed by atoms with Gasteiger partial charge >= 0.3 is 0 Å². The van der Waals surface area contributed by atoms with Gasteiger partial charge < -0.3 is 14.8 Å². The molecule has 3 aliphatic rings. The number of hydrogen-bond acceptors (Lipinski definition) is 4. The van der Waals surface area contributed by atoms with Crippen molar-refractivity contribution in [2.24, 2.45) is 11.8 Å².